The van der Waals surface area contributed by atoms with Gasteiger partial charge in [0.2, 0.25) is 0 Å². The van der Waals surface area contributed by atoms with Crippen molar-refractivity contribution >= 4 is 27.3 Å². The minimum Gasteiger partial charge on any atom is -0.319 e. The van der Waals surface area contributed by atoms with E-state index in [2.05, 4.69) is 25.1 Å². The fourth-order valence-corrected chi connectivity index (χ4v) is 4.48. The molecule has 0 radical (unpaired) electrons. The average molecular weight is 449 g/mol. The van der Waals surface area contributed by atoms with E-state index in [1.54, 1.807) is 61.7 Å². The molecular formula is C22H20N6O3S. The molecule has 1 amide bonds. The van der Waals surface area contributed by atoms with Crippen LogP contribution in [0.5, 0.6) is 0 Å². The van der Waals surface area contributed by atoms with Crippen molar-refractivity contribution in [3.8, 4) is 5.82 Å². The number of sulfonamides is 1. The van der Waals surface area contributed by atoms with Gasteiger partial charge in [-0.2, -0.15) is 5.10 Å². The van der Waals surface area contributed by atoms with E-state index in [-0.39, 0.29) is 10.8 Å². The number of pyridine rings is 1. The normalized spacial score (nSPS) is 11.2. The van der Waals surface area contributed by atoms with Crippen LogP contribution in [-0.4, -0.2) is 34.1 Å². The zero-order chi connectivity index (χ0) is 22.7. The molecule has 2 N–H and O–H groups in total. The van der Waals surface area contributed by atoms with E-state index in [0.29, 0.717) is 28.3 Å². The van der Waals surface area contributed by atoms with E-state index in [1.165, 1.54) is 17.3 Å². The maximum Gasteiger partial charge on any atom is 0.262 e. The highest BCUT2D eigenvalue weighted by atomic mass is 32.2. The van der Waals surface area contributed by atoms with Gasteiger partial charge in [-0.3, -0.25) is 9.52 Å². The second-order valence-corrected chi connectivity index (χ2v) is 8.77. The van der Waals surface area contributed by atoms with E-state index in [9.17, 15) is 13.2 Å². The molecular weight excluding hydrogens is 428 g/mol. The largest absolute Gasteiger partial charge is 0.319 e. The number of rotatable bonds is 6. The van der Waals surface area contributed by atoms with Crippen molar-refractivity contribution in [3.05, 3.63) is 90.1 Å². The SMILES string of the molecule is Cc1ccc(C)c(S(=O)(=O)Nc2ccc(C(=O)Nc3cccnc3-n3cncn3)cc2)c1. The lowest BCUT2D eigenvalue weighted by atomic mass is 10.2. The Bertz CT molecular complexity index is 1370. The van der Waals surface area contributed by atoms with Gasteiger partial charge in [-0.15, -0.1) is 0 Å². The van der Waals surface area contributed by atoms with E-state index in [0.717, 1.165) is 5.56 Å². The van der Waals surface area contributed by atoms with Gasteiger partial charge in [0.05, 0.1) is 10.6 Å². The minimum atomic E-state index is -3.75. The molecule has 0 bridgehead atoms. The summed E-state index contributed by atoms with van der Waals surface area (Å²) in [6.45, 7) is 3.58. The van der Waals surface area contributed by atoms with Gasteiger partial charge in [-0.1, -0.05) is 12.1 Å². The Morgan fingerprint density at radius 2 is 1.81 bits per heavy atom. The number of benzene rings is 2. The van der Waals surface area contributed by atoms with Crippen LogP contribution in [0.3, 0.4) is 0 Å². The third kappa shape index (κ3) is 4.49. The van der Waals surface area contributed by atoms with Gasteiger partial charge in [0.25, 0.3) is 15.9 Å². The minimum absolute atomic E-state index is 0.219. The van der Waals surface area contributed by atoms with Gasteiger partial charge < -0.3 is 5.32 Å². The molecule has 0 fully saturated rings. The molecule has 0 spiro atoms. The molecule has 2 aromatic carbocycles. The predicted molar refractivity (Wildman–Crippen MR) is 120 cm³/mol. The Labute approximate surface area is 185 Å². The summed E-state index contributed by atoms with van der Waals surface area (Å²) < 4.78 is 29.6. The monoisotopic (exact) mass is 448 g/mol. The zero-order valence-corrected chi connectivity index (χ0v) is 18.2. The quantitative estimate of drug-likeness (QED) is 0.467. The molecule has 0 aliphatic rings. The molecule has 4 aromatic rings. The maximum absolute atomic E-state index is 12.8. The standard InChI is InChI=1S/C22H20N6O3S/c1-15-5-6-16(2)20(12-15)32(30,31)27-18-9-7-17(8-10-18)22(29)26-19-4-3-11-24-21(19)28-14-23-13-25-28/h3-14,27H,1-2H3,(H,26,29). The van der Waals surface area contributed by atoms with Crippen LogP contribution in [0, 0.1) is 13.8 Å². The first-order chi connectivity index (χ1) is 15.3. The summed E-state index contributed by atoms with van der Waals surface area (Å²) in [5, 5.41) is 6.83. The number of hydrogen-bond donors (Lipinski definition) is 2. The highest BCUT2D eigenvalue weighted by Crippen LogP contribution is 2.22. The average Bonchev–Trinajstić information content (AvgIpc) is 3.31. The van der Waals surface area contributed by atoms with Gasteiger partial charge in [0, 0.05) is 17.4 Å². The van der Waals surface area contributed by atoms with Crippen LogP contribution >= 0.6 is 0 Å². The van der Waals surface area contributed by atoms with Crippen molar-refractivity contribution in [2.24, 2.45) is 0 Å². The zero-order valence-electron chi connectivity index (χ0n) is 17.4. The lowest BCUT2D eigenvalue weighted by Crippen LogP contribution is -2.16. The topological polar surface area (TPSA) is 119 Å². The molecule has 0 saturated heterocycles. The maximum atomic E-state index is 12.8. The number of carbonyl (C=O) groups excluding carboxylic acids is 1. The van der Waals surface area contributed by atoms with Crippen molar-refractivity contribution in [2.45, 2.75) is 18.7 Å². The summed E-state index contributed by atoms with van der Waals surface area (Å²) >= 11 is 0. The fraction of sp³-hybridized carbons (Fsp3) is 0.0909. The fourth-order valence-electron chi connectivity index (χ4n) is 3.09. The second kappa shape index (κ2) is 8.60. The molecule has 0 saturated carbocycles. The molecule has 0 unspecified atom stereocenters. The molecule has 0 atom stereocenters. The number of amides is 1. The van der Waals surface area contributed by atoms with Gasteiger partial charge in [0.1, 0.15) is 12.7 Å². The Balaban J connectivity index is 1.51. The van der Waals surface area contributed by atoms with E-state index >= 15 is 0 Å². The van der Waals surface area contributed by atoms with E-state index in [4.69, 9.17) is 0 Å². The predicted octanol–water partition coefficient (Wildman–Crippen LogP) is 3.33. The van der Waals surface area contributed by atoms with Crippen molar-refractivity contribution in [1.82, 2.24) is 19.7 Å². The first-order valence-electron chi connectivity index (χ1n) is 9.65. The van der Waals surface area contributed by atoms with Crippen molar-refractivity contribution < 1.29 is 13.2 Å². The van der Waals surface area contributed by atoms with Crippen molar-refractivity contribution in [1.29, 1.82) is 0 Å². The van der Waals surface area contributed by atoms with Crippen LogP contribution in [0.1, 0.15) is 21.5 Å². The first kappa shape index (κ1) is 21.2. The molecule has 2 aromatic heterocycles. The van der Waals surface area contributed by atoms with Gasteiger partial charge in [-0.25, -0.2) is 23.1 Å². The number of aryl methyl sites for hydroxylation is 2. The number of anilines is 2. The van der Waals surface area contributed by atoms with Crippen LogP contribution < -0.4 is 10.0 Å². The molecule has 9 nitrogen and oxygen atoms in total. The van der Waals surface area contributed by atoms with Crippen LogP contribution in [0.15, 0.2) is 78.3 Å². The third-order valence-electron chi connectivity index (χ3n) is 4.70. The number of nitrogens with zero attached hydrogens (tertiary/aromatic N) is 4. The lowest BCUT2D eigenvalue weighted by Gasteiger charge is -2.12. The van der Waals surface area contributed by atoms with Crippen LogP contribution in [0.25, 0.3) is 5.82 Å². The number of aromatic nitrogens is 4. The smallest absolute Gasteiger partial charge is 0.262 e. The Kier molecular flexibility index (Phi) is 5.69. The third-order valence-corrected chi connectivity index (χ3v) is 6.23. The molecule has 4 rings (SSSR count). The highest BCUT2D eigenvalue weighted by Gasteiger charge is 2.18. The molecule has 10 heteroatoms. The Morgan fingerprint density at radius 1 is 1.03 bits per heavy atom. The highest BCUT2D eigenvalue weighted by molar-refractivity contribution is 7.92. The molecule has 2 heterocycles. The summed E-state index contributed by atoms with van der Waals surface area (Å²) in [6, 6.07) is 14.8. The number of nitrogens with one attached hydrogen (secondary N) is 2. The second-order valence-electron chi connectivity index (χ2n) is 7.12. The molecule has 32 heavy (non-hydrogen) atoms. The summed E-state index contributed by atoms with van der Waals surface area (Å²) in [5.41, 5.74) is 2.67. The van der Waals surface area contributed by atoms with Crippen molar-refractivity contribution in [3.63, 3.8) is 0 Å². The van der Waals surface area contributed by atoms with Crippen LogP contribution in [-0.2, 0) is 10.0 Å². The summed E-state index contributed by atoms with van der Waals surface area (Å²) in [7, 11) is -3.75. The van der Waals surface area contributed by atoms with Gasteiger partial charge in [0.15, 0.2) is 5.82 Å². The number of hydrogen-bond acceptors (Lipinski definition) is 6. The lowest BCUT2D eigenvalue weighted by molar-refractivity contribution is 0.102. The first-order valence-corrected chi connectivity index (χ1v) is 11.1. The summed E-state index contributed by atoms with van der Waals surface area (Å²) in [5.74, 6) is 0.0551. The van der Waals surface area contributed by atoms with Crippen molar-refractivity contribution in [2.75, 3.05) is 10.0 Å². The van der Waals surface area contributed by atoms with Gasteiger partial charge >= 0.3 is 0 Å². The van der Waals surface area contributed by atoms with E-state index in [1.807, 2.05) is 13.0 Å². The molecule has 0 aliphatic heterocycles. The summed E-state index contributed by atoms with van der Waals surface area (Å²) in [4.78, 5) is 21.1. The Hall–Kier alpha value is -4.05. The van der Waals surface area contributed by atoms with Crippen LogP contribution in [0.4, 0.5) is 11.4 Å². The Morgan fingerprint density at radius 3 is 2.53 bits per heavy atom. The van der Waals surface area contributed by atoms with Crippen LogP contribution in [0.2, 0.25) is 0 Å². The molecule has 162 valence electrons. The van der Waals surface area contributed by atoms with Gasteiger partial charge in [-0.05, 0) is 67.4 Å². The van der Waals surface area contributed by atoms with E-state index < -0.39 is 10.0 Å². The molecule has 0 aliphatic carbocycles. The summed E-state index contributed by atoms with van der Waals surface area (Å²) in [6.07, 6.45) is 4.44. The number of carbonyl (C=O) groups is 1.